The average molecular weight is 310 g/mol. The van der Waals surface area contributed by atoms with Gasteiger partial charge in [-0.25, -0.2) is 0 Å². The predicted molar refractivity (Wildman–Crippen MR) is 96.9 cm³/mol. The summed E-state index contributed by atoms with van der Waals surface area (Å²) in [5.41, 5.74) is 4.39. The van der Waals surface area contributed by atoms with E-state index in [-0.39, 0.29) is 5.91 Å². The summed E-state index contributed by atoms with van der Waals surface area (Å²) in [7, 11) is 3.72. The van der Waals surface area contributed by atoms with E-state index in [1.165, 1.54) is 11.1 Å². The van der Waals surface area contributed by atoms with Crippen molar-refractivity contribution in [1.29, 1.82) is 0 Å². The van der Waals surface area contributed by atoms with E-state index in [4.69, 9.17) is 0 Å². The first-order valence-electron chi connectivity index (χ1n) is 8.13. The molecule has 0 aliphatic rings. The first-order chi connectivity index (χ1) is 11.0. The van der Waals surface area contributed by atoms with Crippen molar-refractivity contribution >= 4 is 5.91 Å². The molecule has 0 bridgehead atoms. The van der Waals surface area contributed by atoms with Gasteiger partial charge in [0, 0.05) is 25.7 Å². The van der Waals surface area contributed by atoms with Gasteiger partial charge >= 0.3 is 0 Å². The number of carbonyl (C=O) groups excluding carboxylic acids is 1. The third-order valence-corrected chi connectivity index (χ3v) is 4.06. The monoisotopic (exact) mass is 310 g/mol. The summed E-state index contributed by atoms with van der Waals surface area (Å²) in [6, 6.07) is 16.5. The zero-order valence-corrected chi connectivity index (χ0v) is 14.5. The van der Waals surface area contributed by atoms with Crippen LogP contribution in [0.1, 0.15) is 35.7 Å². The van der Waals surface area contributed by atoms with Gasteiger partial charge in [0.05, 0.1) is 0 Å². The number of benzene rings is 2. The highest BCUT2D eigenvalue weighted by Crippen LogP contribution is 2.24. The molecule has 23 heavy (non-hydrogen) atoms. The quantitative estimate of drug-likeness (QED) is 0.881. The molecule has 2 aromatic rings. The van der Waals surface area contributed by atoms with E-state index in [9.17, 15) is 4.79 Å². The minimum Gasteiger partial charge on any atom is -0.340 e. The fourth-order valence-electron chi connectivity index (χ4n) is 2.48. The van der Waals surface area contributed by atoms with E-state index < -0.39 is 0 Å². The second kappa shape index (κ2) is 7.93. The number of hydrogen-bond donors (Lipinski definition) is 1. The third kappa shape index (κ3) is 4.42. The molecule has 0 radical (unpaired) electrons. The molecular weight excluding hydrogens is 284 g/mol. The van der Waals surface area contributed by atoms with Crippen molar-refractivity contribution in [3.63, 3.8) is 0 Å². The molecule has 0 aliphatic heterocycles. The zero-order valence-electron chi connectivity index (χ0n) is 14.5. The molecule has 2 aromatic carbocycles. The van der Waals surface area contributed by atoms with Crippen LogP contribution in [0.15, 0.2) is 48.5 Å². The van der Waals surface area contributed by atoms with Crippen LogP contribution in [0.4, 0.5) is 0 Å². The van der Waals surface area contributed by atoms with Gasteiger partial charge in [-0.2, -0.15) is 0 Å². The molecule has 1 amide bonds. The highest BCUT2D eigenvalue weighted by atomic mass is 16.2. The van der Waals surface area contributed by atoms with Crippen LogP contribution in [0.3, 0.4) is 0 Å². The van der Waals surface area contributed by atoms with E-state index in [1.54, 1.807) is 4.90 Å². The van der Waals surface area contributed by atoms with Crippen LogP contribution in [-0.2, 0) is 0 Å². The van der Waals surface area contributed by atoms with Crippen molar-refractivity contribution in [2.45, 2.75) is 19.8 Å². The van der Waals surface area contributed by atoms with Crippen LogP contribution in [0.5, 0.6) is 0 Å². The van der Waals surface area contributed by atoms with Crippen LogP contribution in [0.25, 0.3) is 11.1 Å². The summed E-state index contributed by atoms with van der Waals surface area (Å²) >= 11 is 0. The molecule has 122 valence electrons. The molecule has 0 saturated heterocycles. The van der Waals surface area contributed by atoms with E-state index in [1.807, 2.05) is 38.4 Å². The fraction of sp³-hybridized carbons (Fsp3) is 0.350. The second-order valence-corrected chi connectivity index (χ2v) is 6.19. The van der Waals surface area contributed by atoms with E-state index in [2.05, 4.69) is 43.4 Å². The summed E-state index contributed by atoms with van der Waals surface area (Å²) in [5, 5.41) is 3.06. The Labute approximate surface area is 139 Å². The molecule has 2 rings (SSSR count). The maximum Gasteiger partial charge on any atom is 0.253 e. The smallest absolute Gasteiger partial charge is 0.253 e. The van der Waals surface area contributed by atoms with Gasteiger partial charge in [-0.3, -0.25) is 4.79 Å². The molecule has 1 N–H and O–H groups in total. The van der Waals surface area contributed by atoms with Crippen molar-refractivity contribution < 1.29 is 4.79 Å². The van der Waals surface area contributed by atoms with Crippen LogP contribution < -0.4 is 5.32 Å². The SMILES string of the molecule is CNCCN(C)C(=O)c1ccc(-c2cccc(C(C)C)c2)cc1. The maximum atomic E-state index is 12.3. The lowest BCUT2D eigenvalue weighted by atomic mass is 9.97. The Kier molecular flexibility index (Phi) is 5.94. The maximum absolute atomic E-state index is 12.3. The molecule has 0 fully saturated rings. The van der Waals surface area contributed by atoms with Gasteiger partial charge in [-0.1, -0.05) is 50.2 Å². The molecule has 0 aromatic heterocycles. The number of nitrogens with one attached hydrogen (secondary N) is 1. The largest absolute Gasteiger partial charge is 0.340 e. The average Bonchev–Trinajstić information content (AvgIpc) is 2.59. The highest BCUT2D eigenvalue weighted by Gasteiger charge is 2.11. The molecule has 0 aliphatic carbocycles. The molecule has 0 unspecified atom stereocenters. The standard InChI is InChI=1S/C20H26N2O/c1-15(2)18-6-5-7-19(14-18)16-8-10-17(11-9-16)20(23)22(4)13-12-21-3/h5-11,14-15,21H,12-13H2,1-4H3. The number of likely N-dealkylation sites (N-methyl/N-ethyl adjacent to an activating group) is 2. The lowest BCUT2D eigenvalue weighted by Crippen LogP contribution is -2.32. The number of rotatable bonds is 6. The first kappa shape index (κ1) is 17.2. The van der Waals surface area contributed by atoms with Crippen molar-refractivity contribution in [2.75, 3.05) is 27.2 Å². The molecule has 3 heteroatoms. The summed E-state index contributed by atoms with van der Waals surface area (Å²) in [5.74, 6) is 0.569. The van der Waals surface area contributed by atoms with Gasteiger partial charge in [0.15, 0.2) is 0 Å². The summed E-state index contributed by atoms with van der Waals surface area (Å²) in [6.45, 7) is 5.89. The number of carbonyl (C=O) groups is 1. The predicted octanol–water partition coefficient (Wildman–Crippen LogP) is 3.77. The summed E-state index contributed by atoms with van der Waals surface area (Å²) in [4.78, 5) is 14.1. The van der Waals surface area contributed by atoms with Crippen molar-refractivity contribution in [3.8, 4) is 11.1 Å². The van der Waals surface area contributed by atoms with Crippen molar-refractivity contribution in [1.82, 2.24) is 10.2 Å². The highest BCUT2D eigenvalue weighted by molar-refractivity contribution is 5.94. The van der Waals surface area contributed by atoms with Crippen molar-refractivity contribution in [2.24, 2.45) is 0 Å². The van der Waals surface area contributed by atoms with Crippen molar-refractivity contribution in [3.05, 3.63) is 59.7 Å². The third-order valence-electron chi connectivity index (χ3n) is 4.06. The molecule has 0 saturated carbocycles. The number of amides is 1. The van der Waals surface area contributed by atoms with E-state index >= 15 is 0 Å². The Hall–Kier alpha value is -2.13. The number of hydrogen-bond acceptors (Lipinski definition) is 2. The van der Waals surface area contributed by atoms with Gasteiger partial charge in [0.25, 0.3) is 5.91 Å². The van der Waals surface area contributed by atoms with Crippen LogP contribution in [0, 0.1) is 0 Å². The minimum absolute atomic E-state index is 0.0581. The van der Waals surface area contributed by atoms with Crippen LogP contribution in [0.2, 0.25) is 0 Å². The topological polar surface area (TPSA) is 32.3 Å². The van der Waals surface area contributed by atoms with Crippen LogP contribution >= 0.6 is 0 Å². The van der Waals surface area contributed by atoms with Gasteiger partial charge in [0.2, 0.25) is 0 Å². The summed E-state index contributed by atoms with van der Waals surface area (Å²) < 4.78 is 0. The number of nitrogens with zero attached hydrogens (tertiary/aromatic N) is 1. The summed E-state index contributed by atoms with van der Waals surface area (Å²) in [6.07, 6.45) is 0. The lowest BCUT2D eigenvalue weighted by molar-refractivity contribution is 0.0797. The first-order valence-corrected chi connectivity index (χ1v) is 8.13. The van der Waals surface area contributed by atoms with E-state index in [0.29, 0.717) is 12.5 Å². The minimum atomic E-state index is 0.0581. The molecule has 0 atom stereocenters. The van der Waals surface area contributed by atoms with Crippen LogP contribution in [-0.4, -0.2) is 38.0 Å². The lowest BCUT2D eigenvalue weighted by Gasteiger charge is -2.17. The Balaban J connectivity index is 2.16. The van der Waals surface area contributed by atoms with Gasteiger partial charge in [-0.15, -0.1) is 0 Å². The Morgan fingerprint density at radius 2 is 1.78 bits per heavy atom. The molecule has 3 nitrogen and oxygen atoms in total. The van der Waals surface area contributed by atoms with Gasteiger partial charge < -0.3 is 10.2 Å². The zero-order chi connectivity index (χ0) is 16.8. The Morgan fingerprint density at radius 1 is 1.09 bits per heavy atom. The fourth-order valence-corrected chi connectivity index (χ4v) is 2.48. The normalized spacial score (nSPS) is 10.8. The Bertz CT molecular complexity index is 647. The van der Waals surface area contributed by atoms with Gasteiger partial charge in [-0.05, 0) is 41.8 Å². The molecule has 0 heterocycles. The molecular formula is C20H26N2O. The second-order valence-electron chi connectivity index (χ2n) is 6.19. The molecule has 0 spiro atoms. The van der Waals surface area contributed by atoms with Gasteiger partial charge in [0.1, 0.15) is 0 Å². The van der Waals surface area contributed by atoms with E-state index in [0.717, 1.165) is 17.7 Å². The Morgan fingerprint density at radius 3 is 2.39 bits per heavy atom.